The van der Waals surface area contributed by atoms with Gasteiger partial charge in [-0.3, -0.25) is 0 Å². The molecule has 0 amide bonds. The fourth-order valence-corrected chi connectivity index (χ4v) is 3.59. The Labute approximate surface area is 115 Å². The number of nitrogens with one attached hydrogen (secondary N) is 2. The largest absolute Gasteiger partial charge is 0.314 e. The molecule has 1 aliphatic heterocycles. The minimum absolute atomic E-state index is 0.478. The zero-order valence-corrected chi connectivity index (χ0v) is 12.4. The first-order valence-electron chi connectivity index (χ1n) is 7.28. The molecule has 0 saturated carbocycles. The van der Waals surface area contributed by atoms with Crippen molar-refractivity contribution < 1.29 is 0 Å². The van der Waals surface area contributed by atoms with Gasteiger partial charge < -0.3 is 10.6 Å². The first-order chi connectivity index (χ1) is 8.75. The van der Waals surface area contributed by atoms with Crippen molar-refractivity contribution in [2.24, 2.45) is 0 Å². The highest BCUT2D eigenvalue weighted by Gasteiger charge is 2.16. The van der Waals surface area contributed by atoms with Gasteiger partial charge in [0.15, 0.2) is 0 Å². The smallest absolute Gasteiger partial charge is 0.0388 e. The van der Waals surface area contributed by atoms with E-state index in [1.165, 1.54) is 43.5 Å². The highest BCUT2D eigenvalue weighted by atomic mass is 32.1. The zero-order chi connectivity index (χ0) is 12.8. The van der Waals surface area contributed by atoms with Gasteiger partial charge in [-0.2, -0.15) is 0 Å². The molecule has 0 radical (unpaired) electrons. The summed E-state index contributed by atoms with van der Waals surface area (Å²) in [5, 5.41) is 9.56. The lowest BCUT2D eigenvalue weighted by Crippen LogP contribution is -2.37. The van der Waals surface area contributed by atoms with Crippen LogP contribution in [0.3, 0.4) is 0 Å². The number of rotatable bonds is 5. The molecule has 2 heterocycles. The molecule has 3 atom stereocenters. The van der Waals surface area contributed by atoms with Gasteiger partial charge in [0.05, 0.1) is 0 Å². The van der Waals surface area contributed by atoms with E-state index in [9.17, 15) is 0 Å². The number of hydrogen-bond acceptors (Lipinski definition) is 3. The van der Waals surface area contributed by atoms with Crippen LogP contribution in [0.15, 0.2) is 17.5 Å². The summed E-state index contributed by atoms with van der Waals surface area (Å²) < 4.78 is 0. The highest BCUT2D eigenvalue weighted by molar-refractivity contribution is 7.10. The third-order valence-corrected chi connectivity index (χ3v) is 4.86. The lowest BCUT2D eigenvalue weighted by molar-refractivity contribution is 0.382. The summed E-state index contributed by atoms with van der Waals surface area (Å²) in [7, 11) is 0. The lowest BCUT2D eigenvalue weighted by atomic mass is 10.0. The molecule has 2 rings (SSSR count). The van der Waals surface area contributed by atoms with Gasteiger partial charge in [0, 0.05) is 23.0 Å². The second-order valence-electron chi connectivity index (χ2n) is 5.54. The second kappa shape index (κ2) is 7.27. The van der Waals surface area contributed by atoms with Gasteiger partial charge in [0.2, 0.25) is 0 Å². The van der Waals surface area contributed by atoms with Crippen molar-refractivity contribution in [3.8, 4) is 0 Å². The molecule has 2 N–H and O–H groups in total. The molecule has 102 valence electrons. The maximum atomic E-state index is 3.72. The summed E-state index contributed by atoms with van der Waals surface area (Å²) in [4.78, 5) is 1.44. The molecule has 1 aromatic rings. The molecule has 2 nitrogen and oxygen atoms in total. The van der Waals surface area contributed by atoms with Crippen molar-refractivity contribution in [2.75, 3.05) is 6.54 Å². The van der Waals surface area contributed by atoms with Crippen LogP contribution in [-0.4, -0.2) is 18.6 Å². The van der Waals surface area contributed by atoms with Gasteiger partial charge in [-0.15, -0.1) is 11.3 Å². The molecule has 18 heavy (non-hydrogen) atoms. The SMILES string of the molecule is CC(CC1CCCCCN1)N[C@H](C)c1cccs1. The molecule has 1 aliphatic rings. The molecule has 0 bridgehead atoms. The average molecular weight is 266 g/mol. The first kappa shape index (κ1) is 14.0. The van der Waals surface area contributed by atoms with E-state index in [0.29, 0.717) is 18.1 Å². The lowest BCUT2D eigenvalue weighted by Gasteiger charge is -2.24. The van der Waals surface area contributed by atoms with Crippen molar-refractivity contribution in [2.45, 2.75) is 64.1 Å². The van der Waals surface area contributed by atoms with Gasteiger partial charge >= 0.3 is 0 Å². The standard InChI is InChI=1S/C15H26N2S/c1-12(11-14-7-4-3-5-9-16-14)17-13(2)15-8-6-10-18-15/h6,8,10,12-14,16-17H,3-5,7,9,11H2,1-2H3/t12?,13-,14?/m1/s1. The van der Waals surface area contributed by atoms with Crippen LogP contribution < -0.4 is 10.6 Å². The van der Waals surface area contributed by atoms with Gasteiger partial charge in [-0.1, -0.05) is 18.9 Å². The van der Waals surface area contributed by atoms with Crippen LogP contribution in [0.25, 0.3) is 0 Å². The minimum Gasteiger partial charge on any atom is -0.314 e. The van der Waals surface area contributed by atoms with E-state index in [2.05, 4.69) is 42.0 Å². The van der Waals surface area contributed by atoms with Crippen LogP contribution in [-0.2, 0) is 0 Å². The second-order valence-corrected chi connectivity index (χ2v) is 6.52. The van der Waals surface area contributed by atoms with Crippen LogP contribution in [0.4, 0.5) is 0 Å². The van der Waals surface area contributed by atoms with E-state index in [1.807, 2.05) is 11.3 Å². The molecule has 1 aromatic heterocycles. The Kier molecular flexibility index (Phi) is 5.67. The molecule has 0 aromatic carbocycles. The Morgan fingerprint density at radius 1 is 1.39 bits per heavy atom. The van der Waals surface area contributed by atoms with Crippen molar-refractivity contribution in [3.63, 3.8) is 0 Å². The Hall–Kier alpha value is -0.380. The third kappa shape index (κ3) is 4.38. The quantitative estimate of drug-likeness (QED) is 0.849. The van der Waals surface area contributed by atoms with E-state index in [-0.39, 0.29) is 0 Å². The average Bonchev–Trinajstić information content (AvgIpc) is 2.76. The number of thiophene rings is 1. The third-order valence-electron chi connectivity index (χ3n) is 3.80. The predicted molar refractivity (Wildman–Crippen MR) is 80.2 cm³/mol. The molecule has 1 fully saturated rings. The number of hydrogen-bond donors (Lipinski definition) is 2. The van der Waals surface area contributed by atoms with Gasteiger partial charge in [0.1, 0.15) is 0 Å². The Morgan fingerprint density at radius 3 is 3.06 bits per heavy atom. The van der Waals surface area contributed by atoms with Crippen molar-refractivity contribution in [1.29, 1.82) is 0 Å². The monoisotopic (exact) mass is 266 g/mol. The van der Waals surface area contributed by atoms with Crippen LogP contribution >= 0.6 is 11.3 Å². The van der Waals surface area contributed by atoms with Gasteiger partial charge in [-0.05, 0) is 51.1 Å². The van der Waals surface area contributed by atoms with Crippen molar-refractivity contribution in [3.05, 3.63) is 22.4 Å². The fourth-order valence-electron chi connectivity index (χ4n) is 2.84. The first-order valence-corrected chi connectivity index (χ1v) is 8.16. The Morgan fingerprint density at radius 2 is 2.28 bits per heavy atom. The molecule has 2 unspecified atom stereocenters. The van der Waals surface area contributed by atoms with Crippen LogP contribution in [0, 0.1) is 0 Å². The summed E-state index contributed by atoms with van der Waals surface area (Å²) in [5.74, 6) is 0. The molecular formula is C15H26N2S. The van der Waals surface area contributed by atoms with Crippen LogP contribution in [0.1, 0.15) is 56.9 Å². The van der Waals surface area contributed by atoms with Gasteiger partial charge in [-0.25, -0.2) is 0 Å². The summed E-state index contributed by atoms with van der Waals surface area (Å²) in [6, 6.07) is 6.13. The van der Waals surface area contributed by atoms with E-state index >= 15 is 0 Å². The molecular weight excluding hydrogens is 240 g/mol. The van der Waals surface area contributed by atoms with Crippen molar-refractivity contribution >= 4 is 11.3 Å². The minimum atomic E-state index is 0.478. The van der Waals surface area contributed by atoms with E-state index in [1.54, 1.807) is 0 Å². The van der Waals surface area contributed by atoms with Crippen LogP contribution in [0.5, 0.6) is 0 Å². The van der Waals surface area contributed by atoms with E-state index in [0.717, 1.165) is 0 Å². The van der Waals surface area contributed by atoms with Crippen molar-refractivity contribution in [1.82, 2.24) is 10.6 Å². The highest BCUT2D eigenvalue weighted by Crippen LogP contribution is 2.20. The topological polar surface area (TPSA) is 24.1 Å². The fraction of sp³-hybridized carbons (Fsp3) is 0.733. The maximum absolute atomic E-state index is 3.72. The summed E-state index contributed by atoms with van der Waals surface area (Å²) in [6.45, 7) is 5.79. The molecule has 3 heteroatoms. The summed E-state index contributed by atoms with van der Waals surface area (Å²) >= 11 is 1.84. The molecule has 1 saturated heterocycles. The van der Waals surface area contributed by atoms with E-state index < -0.39 is 0 Å². The molecule has 0 aliphatic carbocycles. The van der Waals surface area contributed by atoms with E-state index in [4.69, 9.17) is 0 Å². The Bertz CT molecular complexity index is 315. The normalized spacial score (nSPS) is 24.4. The summed E-state index contributed by atoms with van der Waals surface area (Å²) in [6.07, 6.45) is 6.74. The Balaban J connectivity index is 1.75. The predicted octanol–water partition coefficient (Wildman–Crippen LogP) is 3.71. The summed E-state index contributed by atoms with van der Waals surface area (Å²) in [5.41, 5.74) is 0. The van der Waals surface area contributed by atoms with Crippen LogP contribution in [0.2, 0.25) is 0 Å². The van der Waals surface area contributed by atoms with Gasteiger partial charge in [0.25, 0.3) is 0 Å². The molecule has 0 spiro atoms. The maximum Gasteiger partial charge on any atom is 0.0388 e. The zero-order valence-electron chi connectivity index (χ0n) is 11.6.